The Balaban J connectivity index is 1.73. The molecule has 1 aliphatic carbocycles. The summed E-state index contributed by atoms with van der Waals surface area (Å²) in [6.07, 6.45) is 5.54. The number of amides is 2. The Morgan fingerprint density at radius 2 is 2.00 bits per heavy atom. The summed E-state index contributed by atoms with van der Waals surface area (Å²) in [6, 6.07) is 1.88. The number of likely N-dealkylation sites (tertiary alicyclic amines) is 1. The van der Waals surface area contributed by atoms with Crippen LogP contribution < -0.4 is 5.73 Å². The van der Waals surface area contributed by atoms with Crippen molar-refractivity contribution in [2.75, 3.05) is 13.1 Å². The summed E-state index contributed by atoms with van der Waals surface area (Å²) >= 11 is 0. The number of nitrogens with two attached hydrogens (primary N) is 1. The van der Waals surface area contributed by atoms with Crippen molar-refractivity contribution in [3.8, 4) is 0 Å². The monoisotopic (exact) mass is 303 g/mol. The van der Waals surface area contributed by atoms with E-state index in [1.165, 1.54) is 17.5 Å². The fraction of sp³-hybridized carbons (Fsp3) is 0.562. The Morgan fingerprint density at radius 3 is 2.73 bits per heavy atom. The van der Waals surface area contributed by atoms with Crippen LogP contribution in [0.5, 0.6) is 0 Å². The average Bonchev–Trinajstić information content (AvgIpc) is 2.86. The molecule has 1 fully saturated rings. The third kappa shape index (κ3) is 2.97. The van der Waals surface area contributed by atoms with Crippen LogP contribution in [-0.2, 0) is 17.6 Å². The van der Waals surface area contributed by atoms with Crippen LogP contribution >= 0.6 is 0 Å². The number of aliphatic hydroxyl groups excluding tert-OH is 1. The summed E-state index contributed by atoms with van der Waals surface area (Å²) in [7, 11) is 0. The van der Waals surface area contributed by atoms with Crippen molar-refractivity contribution in [1.29, 1.82) is 0 Å². The minimum atomic E-state index is -0.700. The predicted octanol–water partition coefficient (Wildman–Crippen LogP) is 0.269. The van der Waals surface area contributed by atoms with Crippen LogP contribution in [0.2, 0.25) is 0 Å². The molecule has 0 spiro atoms. The van der Waals surface area contributed by atoms with Crippen molar-refractivity contribution in [2.24, 2.45) is 11.7 Å². The highest BCUT2D eigenvalue weighted by Gasteiger charge is 2.35. The first-order valence-electron chi connectivity index (χ1n) is 7.78. The molecule has 2 aliphatic rings. The second-order valence-corrected chi connectivity index (χ2v) is 6.25. The third-order valence-electron chi connectivity index (χ3n) is 4.60. The zero-order chi connectivity index (χ0) is 15.7. The highest BCUT2D eigenvalue weighted by atomic mass is 16.3. The van der Waals surface area contributed by atoms with Crippen LogP contribution in [0.3, 0.4) is 0 Å². The van der Waals surface area contributed by atoms with Gasteiger partial charge in [0, 0.05) is 31.6 Å². The van der Waals surface area contributed by atoms with Gasteiger partial charge in [-0.1, -0.05) is 0 Å². The van der Waals surface area contributed by atoms with E-state index >= 15 is 0 Å². The van der Waals surface area contributed by atoms with E-state index in [1.54, 1.807) is 11.1 Å². The first-order valence-corrected chi connectivity index (χ1v) is 7.78. The first kappa shape index (κ1) is 15.0. The van der Waals surface area contributed by atoms with Gasteiger partial charge in [0.05, 0.1) is 6.10 Å². The number of nitrogens with zero attached hydrogens (tertiary/aromatic N) is 2. The molecule has 1 aliphatic heterocycles. The van der Waals surface area contributed by atoms with Gasteiger partial charge >= 0.3 is 0 Å². The Bertz CT molecular complexity index is 602. The number of pyridine rings is 1. The fourth-order valence-corrected chi connectivity index (χ4v) is 3.37. The molecule has 2 atom stereocenters. The average molecular weight is 303 g/mol. The summed E-state index contributed by atoms with van der Waals surface area (Å²) in [6.45, 7) is 0.581. The van der Waals surface area contributed by atoms with Crippen molar-refractivity contribution in [3.05, 3.63) is 29.1 Å². The normalized spacial score (nSPS) is 24.1. The molecule has 3 rings (SSSR count). The zero-order valence-corrected chi connectivity index (χ0v) is 12.5. The van der Waals surface area contributed by atoms with Gasteiger partial charge in [-0.25, -0.2) is 0 Å². The lowest BCUT2D eigenvalue weighted by Gasteiger charge is -2.19. The molecule has 1 aromatic rings. The molecule has 22 heavy (non-hydrogen) atoms. The Kier molecular flexibility index (Phi) is 4.11. The van der Waals surface area contributed by atoms with Crippen LogP contribution in [0, 0.1) is 5.92 Å². The first-order chi connectivity index (χ1) is 10.5. The fourth-order valence-electron chi connectivity index (χ4n) is 3.37. The number of carbonyl (C=O) groups is 2. The number of aryl methyl sites for hydroxylation is 2. The molecule has 6 heteroatoms. The maximum atomic E-state index is 12.5. The minimum Gasteiger partial charge on any atom is -0.391 e. The molecule has 118 valence electrons. The standard InChI is InChI=1S/C16H21N3O3/c17-15(21)6-12-8-19(9-14(12)20)16(22)13-5-10-3-1-2-4-11(10)7-18-13/h5,7,12,14,20H,1-4,6,8-9H2,(H2,17,21)/t12-,14-/m1/s1. The quantitative estimate of drug-likeness (QED) is 0.837. The van der Waals surface area contributed by atoms with E-state index in [4.69, 9.17) is 5.73 Å². The summed E-state index contributed by atoms with van der Waals surface area (Å²) in [4.78, 5) is 29.4. The van der Waals surface area contributed by atoms with Crippen LogP contribution in [0.25, 0.3) is 0 Å². The van der Waals surface area contributed by atoms with Crippen molar-refractivity contribution < 1.29 is 14.7 Å². The lowest BCUT2D eigenvalue weighted by molar-refractivity contribution is -0.119. The van der Waals surface area contributed by atoms with Gasteiger partial charge in [0.1, 0.15) is 5.69 Å². The SMILES string of the molecule is NC(=O)C[C@@H]1CN(C(=O)c2cc3c(cn2)CCCC3)C[C@H]1O. The third-order valence-corrected chi connectivity index (χ3v) is 4.60. The van der Waals surface area contributed by atoms with E-state index in [9.17, 15) is 14.7 Å². The maximum Gasteiger partial charge on any atom is 0.272 e. The molecule has 2 heterocycles. The van der Waals surface area contributed by atoms with Gasteiger partial charge < -0.3 is 15.7 Å². The van der Waals surface area contributed by atoms with Gasteiger partial charge in [-0.05, 0) is 42.9 Å². The molecule has 2 amide bonds. The molecule has 0 saturated carbocycles. The Hall–Kier alpha value is -1.95. The number of aliphatic hydroxyl groups is 1. The van der Waals surface area contributed by atoms with Gasteiger partial charge in [-0.2, -0.15) is 0 Å². The lowest BCUT2D eigenvalue weighted by atomic mass is 9.93. The zero-order valence-electron chi connectivity index (χ0n) is 12.5. The molecule has 6 nitrogen and oxygen atoms in total. The Morgan fingerprint density at radius 1 is 1.27 bits per heavy atom. The van der Waals surface area contributed by atoms with E-state index in [0.29, 0.717) is 12.2 Å². The molecular weight excluding hydrogens is 282 g/mol. The van der Waals surface area contributed by atoms with E-state index in [1.807, 2.05) is 6.07 Å². The largest absolute Gasteiger partial charge is 0.391 e. The minimum absolute atomic E-state index is 0.0998. The predicted molar refractivity (Wildman–Crippen MR) is 80.1 cm³/mol. The van der Waals surface area contributed by atoms with Crippen molar-refractivity contribution in [2.45, 2.75) is 38.2 Å². The number of aromatic nitrogens is 1. The van der Waals surface area contributed by atoms with E-state index in [2.05, 4.69) is 4.98 Å². The Labute approximate surface area is 129 Å². The smallest absolute Gasteiger partial charge is 0.272 e. The molecule has 0 bridgehead atoms. The van der Waals surface area contributed by atoms with Crippen molar-refractivity contribution in [1.82, 2.24) is 9.88 Å². The van der Waals surface area contributed by atoms with E-state index < -0.39 is 12.0 Å². The summed E-state index contributed by atoms with van der Waals surface area (Å²) in [5, 5.41) is 9.97. The number of hydrogen-bond donors (Lipinski definition) is 2. The maximum absolute atomic E-state index is 12.5. The van der Waals surface area contributed by atoms with Crippen LogP contribution in [0.4, 0.5) is 0 Å². The number of rotatable bonds is 3. The van der Waals surface area contributed by atoms with Gasteiger partial charge in [0.15, 0.2) is 0 Å². The van der Waals surface area contributed by atoms with Crippen molar-refractivity contribution >= 4 is 11.8 Å². The van der Waals surface area contributed by atoms with Gasteiger partial charge in [-0.15, -0.1) is 0 Å². The molecule has 3 N–H and O–H groups in total. The number of hydrogen-bond acceptors (Lipinski definition) is 4. The van der Waals surface area contributed by atoms with Gasteiger partial charge in [0.25, 0.3) is 5.91 Å². The summed E-state index contributed by atoms with van der Waals surface area (Å²) < 4.78 is 0. The molecular formula is C16H21N3O3. The van der Waals surface area contributed by atoms with Gasteiger partial charge in [0.2, 0.25) is 5.91 Å². The van der Waals surface area contributed by atoms with Crippen molar-refractivity contribution in [3.63, 3.8) is 0 Å². The molecule has 0 aromatic carbocycles. The number of β-amino-alcohol motifs (C(OH)–C–C–N with tert-alkyl or cyclic N) is 1. The molecule has 1 aromatic heterocycles. The van der Waals surface area contributed by atoms with Crippen LogP contribution in [0.15, 0.2) is 12.3 Å². The molecule has 0 radical (unpaired) electrons. The molecule has 0 unspecified atom stereocenters. The number of primary amides is 1. The summed E-state index contributed by atoms with van der Waals surface area (Å²) in [5.41, 5.74) is 8.04. The van der Waals surface area contributed by atoms with Crippen LogP contribution in [0.1, 0.15) is 40.9 Å². The number of fused-ring (bicyclic) bond motifs is 1. The highest BCUT2D eigenvalue weighted by Crippen LogP contribution is 2.24. The highest BCUT2D eigenvalue weighted by molar-refractivity contribution is 5.92. The molecule has 1 saturated heterocycles. The second kappa shape index (κ2) is 6.04. The second-order valence-electron chi connectivity index (χ2n) is 6.25. The van der Waals surface area contributed by atoms with Gasteiger partial charge in [-0.3, -0.25) is 14.6 Å². The lowest BCUT2D eigenvalue weighted by Crippen LogP contribution is -2.30. The summed E-state index contributed by atoms with van der Waals surface area (Å²) in [5.74, 6) is -0.913. The van der Waals surface area contributed by atoms with E-state index in [-0.39, 0.29) is 24.8 Å². The van der Waals surface area contributed by atoms with E-state index in [0.717, 1.165) is 19.3 Å². The number of carbonyl (C=O) groups excluding carboxylic acids is 2. The van der Waals surface area contributed by atoms with Crippen LogP contribution in [-0.4, -0.2) is 46.0 Å². The topological polar surface area (TPSA) is 96.5 Å².